The van der Waals surface area contributed by atoms with E-state index >= 15 is 0 Å². The maximum atomic E-state index is 13.2. The van der Waals surface area contributed by atoms with Crippen LogP contribution in [0.1, 0.15) is 33.6 Å². The van der Waals surface area contributed by atoms with Gasteiger partial charge in [-0.15, -0.1) is 0 Å². The van der Waals surface area contributed by atoms with E-state index in [0.29, 0.717) is 4.90 Å². The summed E-state index contributed by atoms with van der Waals surface area (Å²) >= 11 is 0. The highest BCUT2D eigenvalue weighted by atomic mass is 32.2. The summed E-state index contributed by atoms with van der Waals surface area (Å²) in [5, 5.41) is 9.74. The number of sulfonamides is 1. The molecule has 5 rings (SSSR count). The second kappa shape index (κ2) is 11.0. The third kappa shape index (κ3) is 5.13. The summed E-state index contributed by atoms with van der Waals surface area (Å²) < 4.78 is 27.7. The van der Waals surface area contributed by atoms with Crippen LogP contribution in [0, 0.1) is 0 Å². The lowest BCUT2D eigenvalue weighted by molar-refractivity contribution is -0.142. The molecule has 0 unspecified atom stereocenters. The van der Waals surface area contributed by atoms with Crippen molar-refractivity contribution in [1.82, 2.24) is 14.1 Å². The molecular weight excluding hydrogens is 534 g/mol. The van der Waals surface area contributed by atoms with Gasteiger partial charge in [-0.25, -0.2) is 13.2 Å². The van der Waals surface area contributed by atoms with Crippen LogP contribution in [0.25, 0.3) is 11.1 Å². The van der Waals surface area contributed by atoms with Gasteiger partial charge in [0, 0.05) is 32.6 Å². The van der Waals surface area contributed by atoms with Gasteiger partial charge in [0.05, 0.1) is 16.0 Å². The van der Waals surface area contributed by atoms with Crippen LogP contribution in [0.5, 0.6) is 0 Å². The first-order chi connectivity index (χ1) is 19.2. The predicted octanol–water partition coefficient (Wildman–Crippen LogP) is 2.72. The largest absolute Gasteiger partial charge is 0.480 e. The van der Waals surface area contributed by atoms with Gasteiger partial charge in [-0.2, -0.15) is 4.31 Å². The Hall–Kier alpha value is -4.35. The number of piperazine rings is 1. The van der Waals surface area contributed by atoms with E-state index in [1.807, 2.05) is 30.3 Å². The van der Waals surface area contributed by atoms with E-state index in [0.717, 1.165) is 11.1 Å². The van der Waals surface area contributed by atoms with Crippen LogP contribution < -0.4 is 0 Å². The van der Waals surface area contributed by atoms with Crippen molar-refractivity contribution in [3.05, 3.63) is 90.0 Å². The molecule has 1 fully saturated rings. The maximum Gasteiger partial charge on any atom is 0.326 e. The first-order valence-corrected chi connectivity index (χ1v) is 14.3. The molecule has 3 aromatic carbocycles. The van der Waals surface area contributed by atoms with Crippen molar-refractivity contribution in [1.29, 1.82) is 0 Å². The van der Waals surface area contributed by atoms with Crippen LogP contribution in [0.15, 0.2) is 83.8 Å². The highest BCUT2D eigenvalue weighted by Gasteiger charge is 2.43. The molecule has 0 saturated carbocycles. The van der Waals surface area contributed by atoms with E-state index in [1.165, 1.54) is 21.3 Å². The van der Waals surface area contributed by atoms with Gasteiger partial charge in [0.2, 0.25) is 15.9 Å². The Morgan fingerprint density at radius 3 is 1.82 bits per heavy atom. The summed E-state index contributed by atoms with van der Waals surface area (Å²) in [7, 11) is -3.76. The van der Waals surface area contributed by atoms with Crippen molar-refractivity contribution in [3.8, 4) is 11.1 Å². The molecule has 0 aliphatic carbocycles. The number of carbonyl (C=O) groups excluding carboxylic acids is 3. The Balaban J connectivity index is 1.18. The number of benzene rings is 3. The lowest BCUT2D eigenvalue weighted by Gasteiger charge is -2.34. The number of amides is 3. The molecule has 0 bridgehead atoms. The quantitative estimate of drug-likeness (QED) is 0.418. The predicted molar refractivity (Wildman–Crippen MR) is 145 cm³/mol. The lowest BCUT2D eigenvalue weighted by Crippen LogP contribution is -2.51. The number of aliphatic carboxylic acids is 1. The molecule has 3 amide bonds. The van der Waals surface area contributed by atoms with Crippen molar-refractivity contribution >= 4 is 33.7 Å². The zero-order valence-electron chi connectivity index (χ0n) is 21.5. The van der Waals surface area contributed by atoms with Crippen LogP contribution in [0.2, 0.25) is 0 Å². The molecule has 0 radical (unpaired) electrons. The van der Waals surface area contributed by atoms with Crippen molar-refractivity contribution in [2.45, 2.75) is 23.8 Å². The second-order valence-corrected chi connectivity index (χ2v) is 11.5. The van der Waals surface area contributed by atoms with E-state index in [2.05, 4.69) is 0 Å². The standard InChI is InChI=1S/C29H27N3O7S/c33-26(15-14-25(29(36)37)32-27(34)23-8-4-5-9-24(23)28(32)35)30-16-18-31(19-17-30)40(38,39)22-12-10-21(11-13-22)20-6-2-1-3-7-20/h1-13,25H,14-19H2,(H,36,37)/t25-/m0/s1. The number of carboxylic acid groups (broad SMARTS) is 1. The monoisotopic (exact) mass is 561 g/mol. The molecule has 0 aromatic heterocycles. The fourth-order valence-electron chi connectivity index (χ4n) is 5.05. The molecule has 0 spiro atoms. The number of fused-ring (bicyclic) bond motifs is 1. The molecule has 2 heterocycles. The number of hydrogen-bond acceptors (Lipinski definition) is 6. The van der Waals surface area contributed by atoms with E-state index in [9.17, 15) is 32.7 Å². The molecule has 2 aliphatic heterocycles. The molecule has 206 valence electrons. The van der Waals surface area contributed by atoms with Gasteiger partial charge in [-0.1, -0.05) is 54.6 Å². The molecule has 1 atom stereocenters. The minimum Gasteiger partial charge on any atom is -0.480 e. The van der Waals surface area contributed by atoms with Crippen molar-refractivity contribution in [3.63, 3.8) is 0 Å². The minimum atomic E-state index is -3.76. The van der Waals surface area contributed by atoms with E-state index in [-0.39, 0.29) is 61.0 Å². The van der Waals surface area contributed by atoms with Crippen molar-refractivity contribution in [2.75, 3.05) is 26.2 Å². The van der Waals surface area contributed by atoms with Gasteiger partial charge in [-0.3, -0.25) is 19.3 Å². The molecular formula is C29H27N3O7S. The molecule has 3 aromatic rings. The van der Waals surface area contributed by atoms with Gasteiger partial charge in [-0.05, 0) is 41.8 Å². The zero-order valence-corrected chi connectivity index (χ0v) is 22.3. The van der Waals surface area contributed by atoms with Crippen LogP contribution >= 0.6 is 0 Å². The smallest absolute Gasteiger partial charge is 0.326 e. The Morgan fingerprint density at radius 2 is 1.27 bits per heavy atom. The first kappa shape index (κ1) is 27.2. The summed E-state index contributed by atoms with van der Waals surface area (Å²) in [6, 6.07) is 20.9. The molecule has 40 heavy (non-hydrogen) atoms. The Morgan fingerprint density at radius 1 is 0.750 bits per heavy atom. The normalized spacial score (nSPS) is 16.6. The Labute approximate surface area is 231 Å². The summed E-state index contributed by atoms with van der Waals surface area (Å²) in [5.41, 5.74) is 2.15. The average Bonchev–Trinajstić information content (AvgIpc) is 3.23. The van der Waals surface area contributed by atoms with E-state index in [1.54, 1.807) is 36.4 Å². The maximum absolute atomic E-state index is 13.2. The topological polar surface area (TPSA) is 132 Å². The van der Waals surface area contributed by atoms with Gasteiger partial charge >= 0.3 is 5.97 Å². The third-order valence-corrected chi connectivity index (χ3v) is 9.16. The Bertz CT molecular complexity index is 1530. The van der Waals surface area contributed by atoms with E-state index in [4.69, 9.17) is 0 Å². The Kier molecular flexibility index (Phi) is 7.51. The van der Waals surface area contributed by atoms with Gasteiger partial charge in [0.15, 0.2) is 0 Å². The summed E-state index contributed by atoms with van der Waals surface area (Å²) in [6.45, 7) is 0.473. The fourth-order valence-corrected chi connectivity index (χ4v) is 6.47. The van der Waals surface area contributed by atoms with Crippen LogP contribution in [0.3, 0.4) is 0 Å². The number of carbonyl (C=O) groups is 4. The first-order valence-electron chi connectivity index (χ1n) is 12.8. The summed E-state index contributed by atoms with van der Waals surface area (Å²) in [4.78, 5) is 52.6. The SMILES string of the molecule is O=C(O)[C@H](CCC(=O)N1CCN(S(=O)(=O)c2ccc(-c3ccccc3)cc2)CC1)N1C(=O)c2ccccc2C1=O. The molecule has 2 aliphatic rings. The van der Waals surface area contributed by atoms with Gasteiger partial charge < -0.3 is 10.0 Å². The number of rotatable bonds is 8. The summed E-state index contributed by atoms with van der Waals surface area (Å²) in [6.07, 6.45) is -0.454. The second-order valence-electron chi connectivity index (χ2n) is 9.59. The van der Waals surface area contributed by atoms with Crippen LogP contribution in [0.4, 0.5) is 0 Å². The number of hydrogen-bond donors (Lipinski definition) is 1. The number of carboxylic acids is 1. The summed E-state index contributed by atoms with van der Waals surface area (Å²) in [5.74, 6) is -3.14. The number of nitrogens with zero attached hydrogens (tertiary/aromatic N) is 3. The molecule has 1 saturated heterocycles. The van der Waals surface area contributed by atoms with Gasteiger partial charge in [0.25, 0.3) is 11.8 Å². The lowest BCUT2D eigenvalue weighted by atomic mass is 10.1. The number of imide groups is 1. The van der Waals surface area contributed by atoms with E-state index < -0.39 is 33.8 Å². The molecule has 11 heteroatoms. The zero-order chi connectivity index (χ0) is 28.4. The highest BCUT2D eigenvalue weighted by molar-refractivity contribution is 7.89. The minimum absolute atomic E-state index is 0.0925. The van der Waals surface area contributed by atoms with Crippen LogP contribution in [-0.4, -0.2) is 83.5 Å². The molecule has 1 N–H and O–H groups in total. The average molecular weight is 562 g/mol. The highest BCUT2D eigenvalue weighted by Crippen LogP contribution is 2.27. The fraction of sp³-hybridized carbons (Fsp3) is 0.241. The third-order valence-electron chi connectivity index (χ3n) is 7.24. The van der Waals surface area contributed by atoms with Crippen LogP contribution in [-0.2, 0) is 19.6 Å². The van der Waals surface area contributed by atoms with Crippen molar-refractivity contribution in [2.24, 2.45) is 0 Å². The molecule has 10 nitrogen and oxygen atoms in total. The van der Waals surface area contributed by atoms with Gasteiger partial charge in [0.1, 0.15) is 6.04 Å². The van der Waals surface area contributed by atoms with Crippen molar-refractivity contribution < 1.29 is 32.7 Å².